The maximum absolute atomic E-state index is 14.6. The van der Waals surface area contributed by atoms with Gasteiger partial charge in [0.15, 0.2) is 17.2 Å². The Labute approximate surface area is 223 Å². The molecule has 0 radical (unpaired) electrons. The number of fused-ring (bicyclic) bond motifs is 2. The van der Waals surface area contributed by atoms with Crippen molar-refractivity contribution in [1.82, 2.24) is 0 Å². The average molecular weight is 533 g/mol. The van der Waals surface area contributed by atoms with Gasteiger partial charge in [0.2, 0.25) is 0 Å². The first kappa shape index (κ1) is 27.3. The van der Waals surface area contributed by atoms with E-state index in [1.807, 2.05) is 0 Å². The molecule has 0 amide bonds. The summed E-state index contributed by atoms with van der Waals surface area (Å²) >= 11 is 0. The number of ether oxygens (including phenoxy) is 5. The minimum atomic E-state index is -1.51. The van der Waals surface area contributed by atoms with E-state index < -0.39 is 70.5 Å². The first-order chi connectivity index (χ1) is 17.4. The standard InChI is InChI=1S/C29H40O9/c1-14-23(33)29-21-12-19-25(5,6)11-10-20(35-16(3)31)27(19,9)22(29)18(34-15(2)30)13-28(14,36-17(4)32)24(29)38-26(7,8)37-21/h18-22,24H,1,10-13H2,2-9H3/t18?,19?,20-,21-,22?,24?,27+,28-,29?/m1/s1. The molecule has 5 aliphatic rings. The van der Waals surface area contributed by atoms with E-state index in [0.29, 0.717) is 12.8 Å². The predicted octanol–water partition coefficient (Wildman–Crippen LogP) is 3.66. The molecule has 5 fully saturated rings. The van der Waals surface area contributed by atoms with E-state index in [1.54, 1.807) is 13.8 Å². The van der Waals surface area contributed by atoms with Crippen LogP contribution >= 0.6 is 0 Å². The van der Waals surface area contributed by atoms with Gasteiger partial charge in [0.25, 0.3) is 0 Å². The molecule has 9 atom stereocenters. The molecule has 1 spiro atoms. The number of Topliss-reactive ketones (excluding diaryl/α,β-unsaturated/α-hetero) is 1. The molecule has 9 nitrogen and oxygen atoms in total. The molecule has 1 aliphatic heterocycles. The lowest BCUT2D eigenvalue weighted by molar-refractivity contribution is -0.406. The molecule has 0 aromatic rings. The number of ketones is 1. The van der Waals surface area contributed by atoms with Crippen LogP contribution in [-0.4, -0.2) is 59.5 Å². The minimum absolute atomic E-state index is 0.0200. The van der Waals surface area contributed by atoms with Crippen LogP contribution in [-0.2, 0) is 42.9 Å². The zero-order valence-corrected chi connectivity index (χ0v) is 23.7. The molecule has 4 saturated carbocycles. The Morgan fingerprint density at radius 2 is 1.58 bits per heavy atom. The van der Waals surface area contributed by atoms with Crippen molar-refractivity contribution in [3.8, 4) is 0 Å². The van der Waals surface area contributed by atoms with Crippen LogP contribution in [0, 0.1) is 28.1 Å². The molecule has 5 unspecified atom stereocenters. The van der Waals surface area contributed by atoms with E-state index in [-0.39, 0.29) is 29.1 Å². The van der Waals surface area contributed by atoms with Crippen LogP contribution in [0.15, 0.2) is 12.2 Å². The third-order valence-electron chi connectivity index (χ3n) is 10.3. The number of carbonyl (C=O) groups is 4. The first-order valence-electron chi connectivity index (χ1n) is 13.6. The highest BCUT2D eigenvalue weighted by Gasteiger charge is 2.85. The third kappa shape index (κ3) is 3.36. The summed E-state index contributed by atoms with van der Waals surface area (Å²) in [7, 11) is 0. The molecule has 1 saturated heterocycles. The van der Waals surface area contributed by atoms with Gasteiger partial charge in [-0.2, -0.15) is 0 Å². The second-order valence-corrected chi connectivity index (χ2v) is 13.3. The summed E-state index contributed by atoms with van der Waals surface area (Å²) in [6, 6.07) is 0. The maximum atomic E-state index is 14.6. The molecule has 210 valence electrons. The molecule has 0 aromatic heterocycles. The van der Waals surface area contributed by atoms with Gasteiger partial charge in [-0.15, -0.1) is 0 Å². The lowest BCUT2D eigenvalue weighted by Crippen LogP contribution is -2.78. The summed E-state index contributed by atoms with van der Waals surface area (Å²) in [4.78, 5) is 51.9. The number of carbonyl (C=O) groups excluding carboxylic acids is 4. The van der Waals surface area contributed by atoms with Gasteiger partial charge in [0, 0.05) is 44.1 Å². The molecule has 0 N–H and O–H groups in total. The van der Waals surface area contributed by atoms with Crippen molar-refractivity contribution < 1.29 is 42.9 Å². The zero-order chi connectivity index (χ0) is 28.2. The fraction of sp³-hybridized carbons (Fsp3) is 0.793. The van der Waals surface area contributed by atoms with E-state index in [9.17, 15) is 19.2 Å². The second-order valence-electron chi connectivity index (χ2n) is 13.3. The summed E-state index contributed by atoms with van der Waals surface area (Å²) in [5.41, 5.74) is -3.69. The summed E-state index contributed by atoms with van der Waals surface area (Å²) < 4.78 is 31.1. The summed E-state index contributed by atoms with van der Waals surface area (Å²) in [6.45, 7) is 18.2. The lowest BCUT2D eigenvalue weighted by Gasteiger charge is -2.70. The monoisotopic (exact) mass is 532 g/mol. The average Bonchev–Trinajstić information content (AvgIpc) is 2.86. The SMILES string of the molecule is C=C1C(=O)C23C4C(OC(C)=O)C[C@]1(OC(C)=O)C2OC(C)(C)O[C@@H]3CC1C(C)(C)CC[C@@H](OC(C)=O)[C@]14C. The first-order valence-corrected chi connectivity index (χ1v) is 13.6. The van der Waals surface area contributed by atoms with Crippen LogP contribution in [0.2, 0.25) is 0 Å². The highest BCUT2D eigenvalue weighted by Crippen LogP contribution is 2.75. The molecule has 4 aliphatic carbocycles. The van der Waals surface area contributed by atoms with Gasteiger partial charge in [-0.1, -0.05) is 27.4 Å². The summed E-state index contributed by atoms with van der Waals surface area (Å²) in [5.74, 6) is -3.55. The molecular weight excluding hydrogens is 492 g/mol. The molecular formula is C29H40O9. The van der Waals surface area contributed by atoms with Crippen LogP contribution in [0.3, 0.4) is 0 Å². The number of hydrogen-bond acceptors (Lipinski definition) is 9. The van der Waals surface area contributed by atoms with Crippen molar-refractivity contribution in [3.63, 3.8) is 0 Å². The number of rotatable bonds is 3. The fourth-order valence-electron chi connectivity index (χ4n) is 9.37. The Kier molecular flexibility index (Phi) is 5.84. The van der Waals surface area contributed by atoms with Crippen molar-refractivity contribution in [1.29, 1.82) is 0 Å². The number of esters is 3. The predicted molar refractivity (Wildman–Crippen MR) is 133 cm³/mol. The van der Waals surface area contributed by atoms with Crippen LogP contribution in [0.1, 0.15) is 81.1 Å². The number of hydrogen-bond donors (Lipinski definition) is 0. The molecule has 0 aromatic carbocycles. The van der Waals surface area contributed by atoms with Gasteiger partial charge >= 0.3 is 17.9 Å². The summed E-state index contributed by atoms with van der Waals surface area (Å²) in [6.07, 6.45) is -0.921. The van der Waals surface area contributed by atoms with Crippen molar-refractivity contribution in [2.75, 3.05) is 0 Å². The third-order valence-corrected chi connectivity index (χ3v) is 10.3. The van der Waals surface area contributed by atoms with E-state index >= 15 is 0 Å². The van der Waals surface area contributed by atoms with Gasteiger partial charge in [0.1, 0.15) is 18.3 Å². The normalized spacial score (nSPS) is 45.9. The summed E-state index contributed by atoms with van der Waals surface area (Å²) in [5, 5.41) is 0. The largest absolute Gasteiger partial charge is 0.462 e. The van der Waals surface area contributed by atoms with Gasteiger partial charge in [-0.3, -0.25) is 19.2 Å². The molecule has 38 heavy (non-hydrogen) atoms. The van der Waals surface area contributed by atoms with Crippen LogP contribution in [0.4, 0.5) is 0 Å². The lowest BCUT2D eigenvalue weighted by atomic mass is 9.38. The van der Waals surface area contributed by atoms with Crippen molar-refractivity contribution in [3.05, 3.63) is 12.2 Å². The zero-order valence-electron chi connectivity index (χ0n) is 23.7. The molecule has 9 heteroatoms. The van der Waals surface area contributed by atoms with Gasteiger partial charge in [0.05, 0.1) is 11.5 Å². The smallest absolute Gasteiger partial charge is 0.303 e. The topological polar surface area (TPSA) is 114 Å². The fourth-order valence-corrected chi connectivity index (χ4v) is 9.37. The molecule has 1 heterocycles. The van der Waals surface area contributed by atoms with Crippen LogP contribution < -0.4 is 0 Å². The molecule has 5 rings (SSSR count). The van der Waals surface area contributed by atoms with Crippen LogP contribution in [0.5, 0.6) is 0 Å². The Morgan fingerprint density at radius 3 is 2.16 bits per heavy atom. The minimum Gasteiger partial charge on any atom is -0.462 e. The van der Waals surface area contributed by atoms with E-state index in [1.165, 1.54) is 20.8 Å². The van der Waals surface area contributed by atoms with E-state index in [0.717, 1.165) is 6.42 Å². The van der Waals surface area contributed by atoms with Gasteiger partial charge < -0.3 is 23.7 Å². The van der Waals surface area contributed by atoms with E-state index in [4.69, 9.17) is 23.7 Å². The van der Waals surface area contributed by atoms with E-state index in [2.05, 4.69) is 27.4 Å². The van der Waals surface area contributed by atoms with Crippen molar-refractivity contribution >= 4 is 23.7 Å². The highest BCUT2D eigenvalue weighted by atomic mass is 16.7. The van der Waals surface area contributed by atoms with Crippen molar-refractivity contribution in [2.24, 2.45) is 28.1 Å². The molecule has 2 bridgehead atoms. The Bertz CT molecular complexity index is 1120. The Hall–Kier alpha value is -2.26. The quantitative estimate of drug-likeness (QED) is 0.305. The second kappa shape index (κ2) is 8.13. The van der Waals surface area contributed by atoms with Crippen molar-refractivity contribution in [2.45, 2.75) is 117 Å². The van der Waals surface area contributed by atoms with Gasteiger partial charge in [-0.05, 0) is 44.4 Å². The highest BCUT2D eigenvalue weighted by molar-refractivity contribution is 6.07. The Balaban J connectivity index is 1.82. The van der Waals surface area contributed by atoms with Gasteiger partial charge in [-0.25, -0.2) is 0 Å². The Morgan fingerprint density at radius 1 is 0.947 bits per heavy atom. The van der Waals surface area contributed by atoms with Crippen LogP contribution in [0.25, 0.3) is 0 Å². The maximum Gasteiger partial charge on any atom is 0.303 e.